The highest BCUT2D eigenvalue weighted by atomic mass is 16.6. The molecule has 1 fully saturated rings. The Kier molecular flexibility index (Phi) is 4.53. The molecule has 1 heterocycles. The van der Waals surface area contributed by atoms with Crippen LogP contribution in [0, 0.1) is 10.1 Å². The first-order valence-electron chi connectivity index (χ1n) is 7.26. The van der Waals surface area contributed by atoms with Gasteiger partial charge in [0.2, 0.25) is 0 Å². The van der Waals surface area contributed by atoms with Gasteiger partial charge in [-0.3, -0.25) is 14.9 Å². The second kappa shape index (κ2) is 6.23. The summed E-state index contributed by atoms with van der Waals surface area (Å²) < 4.78 is 5.29. The molecule has 1 aliphatic rings. The lowest BCUT2D eigenvalue weighted by Crippen LogP contribution is -2.46. The number of ether oxygens (including phenoxy) is 1. The maximum atomic E-state index is 12.5. The van der Waals surface area contributed by atoms with Gasteiger partial charge in [-0.15, -0.1) is 0 Å². The SMILES string of the molecule is CC(C)(C)OC(=O)N1CCCN1C(=O)c1ccc([N+](=O)[O-])cc1. The maximum absolute atomic E-state index is 12.5. The van der Waals surface area contributed by atoms with Gasteiger partial charge < -0.3 is 4.74 Å². The summed E-state index contributed by atoms with van der Waals surface area (Å²) in [5.74, 6) is -0.386. The molecule has 1 aromatic rings. The second-order valence-electron chi connectivity index (χ2n) is 6.19. The highest BCUT2D eigenvalue weighted by Crippen LogP contribution is 2.20. The predicted octanol–water partition coefficient (Wildman–Crippen LogP) is 2.59. The van der Waals surface area contributed by atoms with Crippen LogP contribution < -0.4 is 0 Å². The van der Waals surface area contributed by atoms with E-state index in [1.165, 1.54) is 34.3 Å². The second-order valence-corrected chi connectivity index (χ2v) is 6.19. The van der Waals surface area contributed by atoms with Gasteiger partial charge in [0.1, 0.15) is 5.60 Å². The molecule has 8 heteroatoms. The molecular weight excluding hydrogens is 302 g/mol. The van der Waals surface area contributed by atoms with Crippen molar-refractivity contribution in [1.29, 1.82) is 0 Å². The van der Waals surface area contributed by atoms with Crippen LogP contribution in [0.25, 0.3) is 0 Å². The fourth-order valence-electron chi connectivity index (χ4n) is 2.20. The van der Waals surface area contributed by atoms with Gasteiger partial charge in [0.15, 0.2) is 0 Å². The lowest BCUT2D eigenvalue weighted by Gasteiger charge is -2.30. The monoisotopic (exact) mass is 321 g/mol. The van der Waals surface area contributed by atoms with Crippen molar-refractivity contribution in [3.05, 3.63) is 39.9 Å². The van der Waals surface area contributed by atoms with Crippen molar-refractivity contribution in [2.45, 2.75) is 32.8 Å². The van der Waals surface area contributed by atoms with Gasteiger partial charge in [-0.1, -0.05) is 0 Å². The average Bonchev–Trinajstić information content (AvgIpc) is 2.94. The van der Waals surface area contributed by atoms with Crippen LogP contribution in [0.2, 0.25) is 0 Å². The van der Waals surface area contributed by atoms with E-state index in [1.54, 1.807) is 20.8 Å². The van der Waals surface area contributed by atoms with Crippen molar-refractivity contribution in [2.75, 3.05) is 13.1 Å². The molecule has 0 saturated carbocycles. The van der Waals surface area contributed by atoms with Crippen LogP contribution in [-0.4, -0.2) is 45.6 Å². The summed E-state index contributed by atoms with van der Waals surface area (Å²) in [5, 5.41) is 13.2. The largest absolute Gasteiger partial charge is 0.442 e. The Morgan fingerprint density at radius 3 is 2.22 bits per heavy atom. The van der Waals surface area contributed by atoms with Crippen LogP contribution in [0.1, 0.15) is 37.6 Å². The normalized spacial score (nSPS) is 14.7. The Balaban J connectivity index is 2.14. The number of non-ortho nitro benzene ring substituents is 1. The van der Waals surface area contributed by atoms with Gasteiger partial charge in [-0.05, 0) is 39.3 Å². The highest BCUT2D eigenvalue weighted by molar-refractivity contribution is 5.95. The maximum Gasteiger partial charge on any atom is 0.429 e. The standard InChI is InChI=1S/C15H19N3O5/c1-15(2,3)23-14(20)17-10-4-9-16(17)13(19)11-5-7-12(8-6-11)18(21)22/h5-8H,4,9-10H2,1-3H3. The van der Waals surface area contributed by atoms with Crippen molar-refractivity contribution in [1.82, 2.24) is 10.0 Å². The lowest BCUT2D eigenvalue weighted by atomic mass is 10.2. The summed E-state index contributed by atoms with van der Waals surface area (Å²) in [4.78, 5) is 34.8. The number of nitro groups is 1. The van der Waals surface area contributed by atoms with E-state index >= 15 is 0 Å². The Hall–Kier alpha value is -2.64. The highest BCUT2D eigenvalue weighted by Gasteiger charge is 2.34. The molecule has 0 N–H and O–H groups in total. The van der Waals surface area contributed by atoms with Crippen molar-refractivity contribution in [2.24, 2.45) is 0 Å². The molecule has 0 aliphatic carbocycles. The summed E-state index contributed by atoms with van der Waals surface area (Å²) >= 11 is 0. The van der Waals surface area contributed by atoms with E-state index in [1.807, 2.05) is 0 Å². The number of hydrazine groups is 1. The number of benzene rings is 1. The molecule has 1 aliphatic heterocycles. The third-order valence-corrected chi connectivity index (χ3v) is 3.20. The van der Waals surface area contributed by atoms with E-state index in [0.717, 1.165) is 0 Å². The van der Waals surface area contributed by atoms with Gasteiger partial charge in [-0.2, -0.15) is 0 Å². The fraction of sp³-hybridized carbons (Fsp3) is 0.467. The quantitative estimate of drug-likeness (QED) is 0.616. The molecule has 0 atom stereocenters. The molecule has 0 radical (unpaired) electrons. The minimum absolute atomic E-state index is 0.0908. The first-order valence-corrected chi connectivity index (χ1v) is 7.26. The van der Waals surface area contributed by atoms with Crippen LogP contribution >= 0.6 is 0 Å². The smallest absolute Gasteiger partial charge is 0.429 e. The van der Waals surface area contributed by atoms with Crippen LogP contribution in [-0.2, 0) is 4.74 Å². The zero-order chi connectivity index (χ0) is 17.2. The lowest BCUT2D eigenvalue weighted by molar-refractivity contribution is -0.384. The van der Waals surface area contributed by atoms with Crippen LogP contribution in [0.5, 0.6) is 0 Å². The number of nitrogens with zero attached hydrogens (tertiary/aromatic N) is 3. The van der Waals surface area contributed by atoms with E-state index < -0.39 is 16.6 Å². The summed E-state index contributed by atoms with van der Waals surface area (Å²) in [7, 11) is 0. The van der Waals surface area contributed by atoms with E-state index in [4.69, 9.17) is 4.74 Å². The minimum Gasteiger partial charge on any atom is -0.442 e. The number of nitro benzene ring substituents is 1. The number of carbonyl (C=O) groups excluding carboxylic acids is 2. The zero-order valence-corrected chi connectivity index (χ0v) is 13.3. The molecular formula is C15H19N3O5. The molecule has 2 rings (SSSR count). The molecule has 2 amide bonds. The predicted molar refractivity (Wildman–Crippen MR) is 81.7 cm³/mol. The first kappa shape index (κ1) is 16.7. The minimum atomic E-state index is -0.651. The average molecular weight is 321 g/mol. The van der Waals surface area contributed by atoms with Crippen molar-refractivity contribution < 1.29 is 19.2 Å². The molecule has 0 spiro atoms. The fourth-order valence-corrected chi connectivity index (χ4v) is 2.20. The number of amides is 2. The van der Waals surface area contributed by atoms with Crippen molar-refractivity contribution in [3.63, 3.8) is 0 Å². The summed E-state index contributed by atoms with van der Waals surface area (Å²) in [6, 6.07) is 5.29. The van der Waals surface area contributed by atoms with E-state index in [9.17, 15) is 19.7 Å². The summed E-state index contributed by atoms with van der Waals surface area (Å²) in [5.41, 5.74) is -0.458. The molecule has 1 aromatic carbocycles. The molecule has 1 saturated heterocycles. The number of hydrogen-bond donors (Lipinski definition) is 0. The molecule has 0 unspecified atom stereocenters. The topological polar surface area (TPSA) is 93.0 Å². The van der Waals surface area contributed by atoms with Gasteiger partial charge >= 0.3 is 6.09 Å². The molecule has 124 valence electrons. The van der Waals surface area contributed by atoms with Crippen LogP contribution in [0.15, 0.2) is 24.3 Å². The van der Waals surface area contributed by atoms with Gasteiger partial charge in [0.05, 0.1) is 4.92 Å². The van der Waals surface area contributed by atoms with Crippen LogP contribution in [0.4, 0.5) is 10.5 Å². The Morgan fingerprint density at radius 1 is 1.13 bits per heavy atom. The molecule has 23 heavy (non-hydrogen) atoms. The first-order chi connectivity index (χ1) is 10.7. The number of carbonyl (C=O) groups is 2. The Bertz CT molecular complexity index is 621. The third-order valence-electron chi connectivity index (χ3n) is 3.20. The summed E-state index contributed by atoms with van der Waals surface area (Å²) in [6.07, 6.45) is 0.0723. The van der Waals surface area contributed by atoms with Gasteiger partial charge in [0.25, 0.3) is 11.6 Å². The third kappa shape index (κ3) is 3.97. The zero-order valence-electron chi connectivity index (χ0n) is 13.3. The Morgan fingerprint density at radius 2 is 1.70 bits per heavy atom. The number of hydrogen-bond acceptors (Lipinski definition) is 5. The van der Waals surface area contributed by atoms with Crippen LogP contribution in [0.3, 0.4) is 0 Å². The Labute approximate surface area is 133 Å². The molecule has 0 bridgehead atoms. The van der Waals surface area contributed by atoms with E-state index in [0.29, 0.717) is 19.5 Å². The summed E-state index contributed by atoms with van der Waals surface area (Å²) in [6.45, 7) is 6.05. The molecule has 0 aromatic heterocycles. The van der Waals surface area contributed by atoms with E-state index in [2.05, 4.69) is 0 Å². The molecule has 8 nitrogen and oxygen atoms in total. The number of rotatable bonds is 2. The van der Waals surface area contributed by atoms with Crippen molar-refractivity contribution in [3.8, 4) is 0 Å². The van der Waals surface area contributed by atoms with Gasteiger partial charge in [-0.25, -0.2) is 14.8 Å². The van der Waals surface area contributed by atoms with E-state index in [-0.39, 0.29) is 17.2 Å². The van der Waals surface area contributed by atoms with Gasteiger partial charge in [0, 0.05) is 30.8 Å². The van der Waals surface area contributed by atoms with Crippen molar-refractivity contribution >= 4 is 17.7 Å².